The van der Waals surface area contributed by atoms with Gasteiger partial charge in [-0.2, -0.15) is 13.2 Å². The molecule has 5 heterocycles. The number of aromatic nitrogens is 4. The number of amides is 2. The van der Waals surface area contributed by atoms with Crippen LogP contribution in [0.4, 0.5) is 23.7 Å². The number of alkyl halides is 3. The zero-order chi connectivity index (χ0) is 31.6. The molecule has 2 saturated heterocycles. The number of carbonyl (C=O) groups is 1. The standard InChI is InChI=1S/C27H36F3N9O3S2/c1-17-14-37(15-18(2)39(17)25(40)35(4)10-11-36-8-5-9-36)20-12-19(44(41,42)34-26(3)6-7-26)16-38-21(20)13-31-22(38)23-32-33-24(43-23)27(28,29)30/h12-13,16-18,34H,5-11,14-15H2,1-4H3/t17-,18-/m0/s1. The molecule has 12 nitrogen and oxygen atoms in total. The summed E-state index contributed by atoms with van der Waals surface area (Å²) in [6.45, 7) is 10.2. The van der Waals surface area contributed by atoms with E-state index in [1.807, 2.05) is 37.6 Å². The second kappa shape index (κ2) is 11.1. The largest absolute Gasteiger partial charge is 0.445 e. The molecule has 1 aliphatic carbocycles. The molecule has 1 saturated carbocycles. The van der Waals surface area contributed by atoms with E-state index >= 15 is 0 Å². The Hall–Kier alpha value is -3.02. The Labute approximate surface area is 257 Å². The highest BCUT2D eigenvalue weighted by Crippen LogP contribution is 2.39. The Bertz CT molecular complexity index is 1660. The molecule has 0 radical (unpaired) electrons. The minimum Gasteiger partial charge on any atom is -0.366 e. The monoisotopic (exact) mass is 655 g/mol. The summed E-state index contributed by atoms with van der Waals surface area (Å²) in [6, 6.07) is 1.10. The van der Waals surface area contributed by atoms with Crippen LogP contribution < -0.4 is 9.62 Å². The number of anilines is 1. The van der Waals surface area contributed by atoms with Crippen LogP contribution in [0.5, 0.6) is 0 Å². The molecule has 2 atom stereocenters. The topological polar surface area (TPSA) is 119 Å². The van der Waals surface area contributed by atoms with Gasteiger partial charge in [-0.1, -0.05) is 11.3 Å². The Morgan fingerprint density at radius 3 is 2.43 bits per heavy atom. The van der Waals surface area contributed by atoms with Crippen molar-refractivity contribution in [2.24, 2.45) is 0 Å². The fourth-order valence-corrected chi connectivity index (χ4v) is 7.99. The van der Waals surface area contributed by atoms with Crippen molar-refractivity contribution >= 4 is 38.6 Å². The van der Waals surface area contributed by atoms with Gasteiger partial charge in [-0.15, -0.1) is 10.2 Å². The number of nitrogens with zero attached hydrogens (tertiary/aromatic N) is 8. The van der Waals surface area contributed by atoms with Gasteiger partial charge in [-0.3, -0.25) is 4.40 Å². The van der Waals surface area contributed by atoms with Gasteiger partial charge >= 0.3 is 12.2 Å². The number of fused-ring (bicyclic) bond motifs is 1. The molecule has 0 aromatic carbocycles. The van der Waals surface area contributed by atoms with Crippen molar-refractivity contribution in [2.45, 2.75) is 68.7 Å². The molecule has 2 amide bonds. The molecular formula is C27H36F3N9O3S2. The van der Waals surface area contributed by atoms with E-state index in [2.05, 4.69) is 24.8 Å². The summed E-state index contributed by atoms with van der Waals surface area (Å²) in [5.74, 6) is 0.0580. The van der Waals surface area contributed by atoms with Gasteiger partial charge in [0.1, 0.15) is 4.90 Å². The number of halogens is 3. The highest BCUT2D eigenvalue weighted by atomic mass is 32.2. The van der Waals surface area contributed by atoms with Gasteiger partial charge in [0.25, 0.3) is 0 Å². The molecule has 17 heteroatoms. The lowest BCUT2D eigenvalue weighted by Crippen LogP contribution is -2.61. The number of piperazine rings is 1. The van der Waals surface area contributed by atoms with E-state index in [9.17, 15) is 26.4 Å². The van der Waals surface area contributed by atoms with E-state index in [1.54, 1.807) is 11.0 Å². The normalized spacial score (nSPS) is 22.3. The van der Waals surface area contributed by atoms with Gasteiger partial charge in [-0.25, -0.2) is 22.9 Å². The molecule has 2 aliphatic heterocycles. The minimum atomic E-state index is -4.67. The van der Waals surface area contributed by atoms with Gasteiger partial charge in [0.15, 0.2) is 10.8 Å². The second-order valence-corrected chi connectivity index (χ2v) is 15.0. The van der Waals surface area contributed by atoms with Gasteiger partial charge in [0, 0.05) is 57.0 Å². The fraction of sp³-hybridized carbons (Fsp3) is 0.630. The third-order valence-electron chi connectivity index (χ3n) is 8.65. The molecular weight excluding hydrogens is 619 g/mol. The van der Waals surface area contributed by atoms with Crippen molar-refractivity contribution in [3.05, 3.63) is 23.5 Å². The minimum absolute atomic E-state index is 0.0440. The molecule has 6 rings (SSSR count). The molecule has 44 heavy (non-hydrogen) atoms. The van der Waals surface area contributed by atoms with Crippen LogP contribution in [0.3, 0.4) is 0 Å². The van der Waals surface area contributed by atoms with Crippen LogP contribution >= 0.6 is 11.3 Å². The van der Waals surface area contributed by atoms with Crippen molar-refractivity contribution in [1.82, 2.24) is 39.0 Å². The van der Waals surface area contributed by atoms with Crippen molar-refractivity contribution in [3.63, 3.8) is 0 Å². The van der Waals surface area contributed by atoms with E-state index in [4.69, 9.17) is 0 Å². The van der Waals surface area contributed by atoms with E-state index < -0.39 is 26.7 Å². The van der Waals surface area contributed by atoms with Gasteiger partial charge in [0.2, 0.25) is 15.0 Å². The summed E-state index contributed by atoms with van der Waals surface area (Å²) < 4.78 is 71.3. The van der Waals surface area contributed by atoms with E-state index in [0.29, 0.717) is 55.0 Å². The number of sulfonamides is 1. The molecule has 3 fully saturated rings. The van der Waals surface area contributed by atoms with Crippen LogP contribution in [-0.4, -0.2) is 113 Å². The number of likely N-dealkylation sites (tertiary alicyclic amines) is 1. The van der Waals surface area contributed by atoms with E-state index in [0.717, 1.165) is 19.6 Å². The maximum Gasteiger partial charge on any atom is 0.445 e. The third kappa shape index (κ3) is 5.98. The van der Waals surface area contributed by atoms with Crippen molar-refractivity contribution in [2.75, 3.05) is 51.2 Å². The predicted octanol–water partition coefficient (Wildman–Crippen LogP) is 3.36. The van der Waals surface area contributed by atoms with Crippen LogP contribution in [0.1, 0.15) is 45.0 Å². The molecule has 3 aromatic heterocycles. The zero-order valence-corrected chi connectivity index (χ0v) is 26.6. The van der Waals surface area contributed by atoms with Crippen LogP contribution in [0.2, 0.25) is 0 Å². The van der Waals surface area contributed by atoms with Gasteiger partial charge < -0.3 is 19.6 Å². The maximum absolute atomic E-state index is 13.6. The number of carbonyl (C=O) groups excluding carboxylic acids is 1. The smallest absolute Gasteiger partial charge is 0.366 e. The predicted molar refractivity (Wildman–Crippen MR) is 159 cm³/mol. The lowest BCUT2D eigenvalue weighted by atomic mass is 10.1. The van der Waals surface area contributed by atoms with E-state index in [-0.39, 0.29) is 33.8 Å². The number of hydrogen-bond donors (Lipinski definition) is 1. The highest BCUT2D eigenvalue weighted by Gasteiger charge is 2.42. The first-order valence-electron chi connectivity index (χ1n) is 14.6. The summed E-state index contributed by atoms with van der Waals surface area (Å²) in [4.78, 5) is 25.7. The average molecular weight is 656 g/mol. The number of pyridine rings is 1. The Balaban J connectivity index is 1.33. The number of urea groups is 1. The average Bonchev–Trinajstić information content (AvgIpc) is 3.28. The van der Waals surface area contributed by atoms with Crippen LogP contribution in [0.15, 0.2) is 23.4 Å². The quantitative estimate of drug-likeness (QED) is 0.393. The summed E-state index contributed by atoms with van der Waals surface area (Å²) in [5.41, 5.74) is 0.514. The Morgan fingerprint density at radius 1 is 1.18 bits per heavy atom. The second-order valence-electron chi connectivity index (χ2n) is 12.4. The summed E-state index contributed by atoms with van der Waals surface area (Å²) in [7, 11) is -2.18. The number of likely N-dealkylation sites (N-methyl/N-ethyl adjacent to an activating group) is 1. The maximum atomic E-state index is 13.6. The highest BCUT2D eigenvalue weighted by molar-refractivity contribution is 7.89. The lowest BCUT2D eigenvalue weighted by Gasteiger charge is -2.46. The molecule has 0 unspecified atom stereocenters. The van der Waals surface area contributed by atoms with Crippen molar-refractivity contribution in [3.8, 4) is 10.8 Å². The van der Waals surface area contributed by atoms with Gasteiger partial charge in [-0.05, 0) is 59.2 Å². The number of imidazole rings is 1. The Morgan fingerprint density at radius 2 is 1.86 bits per heavy atom. The first kappa shape index (κ1) is 31.0. The van der Waals surface area contributed by atoms with Crippen molar-refractivity contribution in [1.29, 1.82) is 0 Å². The summed E-state index contributed by atoms with van der Waals surface area (Å²) >= 11 is 0.344. The number of rotatable bonds is 8. The number of nitrogens with one attached hydrogen (secondary N) is 1. The first-order valence-corrected chi connectivity index (χ1v) is 16.9. The Kier molecular flexibility index (Phi) is 7.82. The van der Waals surface area contributed by atoms with Crippen LogP contribution in [0, 0.1) is 0 Å². The van der Waals surface area contributed by atoms with Crippen LogP contribution in [0.25, 0.3) is 16.3 Å². The van der Waals surface area contributed by atoms with Crippen molar-refractivity contribution < 1.29 is 26.4 Å². The third-order valence-corrected chi connectivity index (χ3v) is 11.2. The van der Waals surface area contributed by atoms with Crippen LogP contribution in [-0.2, 0) is 16.2 Å². The molecule has 1 N–H and O–H groups in total. The van der Waals surface area contributed by atoms with Gasteiger partial charge in [0.05, 0.1) is 17.4 Å². The summed E-state index contributed by atoms with van der Waals surface area (Å²) in [6.07, 6.45) is 0.803. The lowest BCUT2D eigenvalue weighted by molar-refractivity contribution is -0.138. The van der Waals surface area contributed by atoms with E-state index in [1.165, 1.54) is 23.2 Å². The zero-order valence-electron chi connectivity index (χ0n) is 25.0. The molecule has 0 bridgehead atoms. The summed E-state index contributed by atoms with van der Waals surface area (Å²) in [5, 5.41) is 5.80. The fourth-order valence-electron chi connectivity index (χ4n) is 5.80. The first-order chi connectivity index (χ1) is 20.6. The SMILES string of the molecule is C[C@H]1CN(c2cc(S(=O)(=O)NC3(C)CC3)cn3c(-c4nnc(C(F)(F)F)s4)ncc23)C[C@H](C)N1C(=O)N(C)CCN1CCC1. The number of hydrogen-bond acceptors (Lipinski definition) is 9. The molecule has 240 valence electrons. The molecule has 3 aromatic rings. The molecule has 0 spiro atoms. The molecule has 3 aliphatic rings.